The third-order valence-corrected chi connectivity index (χ3v) is 5.79. The van der Waals surface area contributed by atoms with Crippen LogP contribution in [0, 0.1) is 13.8 Å². The van der Waals surface area contributed by atoms with Crippen LogP contribution in [0.4, 0.5) is 0 Å². The number of benzene rings is 2. The summed E-state index contributed by atoms with van der Waals surface area (Å²) >= 11 is 6.12. The van der Waals surface area contributed by atoms with Crippen LogP contribution in [0.3, 0.4) is 0 Å². The second-order valence-corrected chi connectivity index (χ2v) is 8.37. The normalized spacial score (nSPS) is 12.4. The van der Waals surface area contributed by atoms with E-state index in [2.05, 4.69) is 0 Å². The summed E-state index contributed by atoms with van der Waals surface area (Å²) in [6, 6.07) is 7.64. The van der Waals surface area contributed by atoms with Crippen molar-refractivity contribution in [1.82, 2.24) is 0 Å². The minimum atomic E-state index is -4.72. The Labute approximate surface area is 139 Å². The van der Waals surface area contributed by atoms with Gasteiger partial charge in [-0.2, -0.15) is 8.42 Å². The van der Waals surface area contributed by atoms with Gasteiger partial charge in [0.1, 0.15) is 4.90 Å². The smallest absolute Gasteiger partial charge is 0.282 e. The molecule has 0 unspecified atom stereocenters. The van der Waals surface area contributed by atoms with Crippen LogP contribution in [-0.4, -0.2) is 21.4 Å². The molecule has 2 rings (SSSR count). The molecule has 0 amide bonds. The molecular formula is C14H14ClNO5S2. The third kappa shape index (κ3) is 3.56. The molecule has 0 aliphatic carbocycles. The van der Waals surface area contributed by atoms with Gasteiger partial charge in [-0.15, -0.1) is 0 Å². The summed E-state index contributed by atoms with van der Waals surface area (Å²) in [5.41, 5.74) is 1.85. The van der Waals surface area contributed by atoms with E-state index in [1.54, 1.807) is 24.3 Å². The highest BCUT2D eigenvalue weighted by Gasteiger charge is 2.26. The van der Waals surface area contributed by atoms with Crippen molar-refractivity contribution in [2.75, 3.05) is 0 Å². The molecule has 0 aromatic heterocycles. The van der Waals surface area contributed by atoms with Gasteiger partial charge in [-0.3, -0.25) is 4.55 Å². The number of hydrogen-bond acceptors (Lipinski definition) is 4. The third-order valence-electron chi connectivity index (χ3n) is 3.37. The maximum absolute atomic E-state index is 11.7. The van der Waals surface area contributed by atoms with Gasteiger partial charge < -0.3 is 0 Å². The van der Waals surface area contributed by atoms with Crippen LogP contribution >= 0.6 is 11.6 Å². The first-order valence-corrected chi connectivity index (χ1v) is 9.70. The molecule has 0 radical (unpaired) electrons. The summed E-state index contributed by atoms with van der Waals surface area (Å²) in [6.07, 6.45) is 0. The van der Waals surface area contributed by atoms with Crippen molar-refractivity contribution in [3.05, 3.63) is 46.5 Å². The molecular weight excluding hydrogens is 362 g/mol. The minimum absolute atomic E-state index is 0.186. The summed E-state index contributed by atoms with van der Waals surface area (Å²) in [5.74, 6) is 0. The topological polar surface area (TPSA) is 115 Å². The molecule has 2 aromatic carbocycles. The van der Waals surface area contributed by atoms with E-state index < -0.39 is 29.9 Å². The van der Waals surface area contributed by atoms with Crippen molar-refractivity contribution in [1.29, 1.82) is 0 Å². The number of primary sulfonamides is 1. The molecule has 0 heterocycles. The Kier molecular flexibility index (Phi) is 4.57. The first-order chi connectivity index (χ1) is 10.4. The van der Waals surface area contributed by atoms with Gasteiger partial charge in [0, 0.05) is 5.56 Å². The summed E-state index contributed by atoms with van der Waals surface area (Å²) < 4.78 is 55.8. The lowest BCUT2D eigenvalue weighted by Gasteiger charge is -2.15. The average Bonchev–Trinajstić information content (AvgIpc) is 2.38. The molecule has 0 atom stereocenters. The molecule has 0 aliphatic rings. The predicted octanol–water partition coefficient (Wildman–Crippen LogP) is 2.52. The SMILES string of the molecule is Cc1ccc(-c2c(C)c(S(N)(=O)=O)cc(S(=O)(=O)O)c2Cl)cc1. The maximum Gasteiger partial charge on any atom is 0.296 e. The molecule has 0 fully saturated rings. The zero-order valence-corrected chi connectivity index (χ0v) is 14.6. The van der Waals surface area contributed by atoms with Crippen molar-refractivity contribution in [2.24, 2.45) is 5.14 Å². The van der Waals surface area contributed by atoms with Gasteiger partial charge in [0.05, 0.1) is 9.92 Å². The minimum Gasteiger partial charge on any atom is -0.282 e. The molecule has 0 saturated heterocycles. The molecule has 0 bridgehead atoms. The quantitative estimate of drug-likeness (QED) is 0.800. The molecule has 0 aliphatic heterocycles. The van der Waals surface area contributed by atoms with Crippen LogP contribution in [-0.2, 0) is 20.1 Å². The Morgan fingerprint density at radius 2 is 1.52 bits per heavy atom. The maximum atomic E-state index is 11.7. The van der Waals surface area contributed by atoms with E-state index in [0.717, 1.165) is 11.6 Å². The molecule has 9 heteroatoms. The van der Waals surface area contributed by atoms with E-state index in [1.165, 1.54) is 6.92 Å². The predicted molar refractivity (Wildman–Crippen MR) is 87.5 cm³/mol. The lowest BCUT2D eigenvalue weighted by molar-refractivity contribution is 0.483. The van der Waals surface area contributed by atoms with Crippen molar-refractivity contribution in [2.45, 2.75) is 23.6 Å². The molecule has 2 aromatic rings. The first-order valence-electron chi connectivity index (χ1n) is 6.33. The number of rotatable bonds is 3. The Morgan fingerprint density at radius 1 is 1.00 bits per heavy atom. The van der Waals surface area contributed by atoms with Gasteiger partial charge in [0.25, 0.3) is 10.1 Å². The molecule has 6 nitrogen and oxygen atoms in total. The van der Waals surface area contributed by atoms with E-state index in [1.807, 2.05) is 6.92 Å². The fraction of sp³-hybridized carbons (Fsp3) is 0.143. The summed E-state index contributed by atoms with van der Waals surface area (Å²) in [7, 11) is -8.93. The molecule has 3 N–H and O–H groups in total. The van der Waals surface area contributed by atoms with Gasteiger partial charge in [-0.25, -0.2) is 13.6 Å². The van der Waals surface area contributed by atoms with Crippen molar-refractivity contribution in [3.63, 3.8) is 0 Å². The number of aryl methyl sites for hydroxylation is 1. The zero-order valence-electron chi connectivity index (χ0n) is 12.2. The monoisotopic (exact) mass is 375 g/mol. The lowest BCUT2D eigenvalue weighted by Crippen LogP contribution is -2.16. The standard InChI is InChI=1S/C14H14ClNO5S2/c1-8-3-5-10(6-4-8)13-9(2)11(22(16,17)18)7-12(14(13)15)23(19,20)21/h3-7H,1-2H3,(H2,16,17,18)(H,19,20,21). The first kappa shape index (κ1) is 17.9. The Hall–Kier alpha value is -1.45. The average molecular weight is 376 g/mol. The van der Waals surface area contributed by atoms with E-state index >= 15 is 0 Å². The second-order valence-electron chi connectivity index (χ2n) is 5.07. The lowest BCUT2D eigenvalue weighted by atomic mass is 9.99. The van der Waals surface area contributed by atoms with Gasteiger partial charge in [0.15, 0.2) is 0 Å². The second kappa shape index (κ2) is 5.88. The molecule has 0 saturated carbocycles. The van der Waals surface area contributed by atoms with Crippen LogP contribution in [0.1, 0.15) is 11.1 Å². The largest absolute Gasteiger partial charge is 0.296 e. The number of nitrogens with two attached hydrogens (primary N) is 1. The number of hydrogen-bond donors (Lipinski definition) is 2. The highest BCUT2D eigenvalue weighted by atomic mass is 35.5. The Balaban J connectivity index is 2.98. The molecule has 0 spiro atoms. The fourth-order valence-electron chi connectivity index (χ4n) is 2.25. The number of sulfonamides is 1. The molecule has 124 valence electrons. The van der Waals surface area contributed by atoms with E-state index in [0.29, 0.717) is 5.56 Å². The Bertz CT molecular complexity index is 925. The van der Waals surface area contributed by atoms with Gasteiger partial charge in [-0.05, 0) is 31.0 Å². The summed E-state index contributed by atoms with van der Waals surface area (Å²) in [6.45, 7) is 3.33. The highest BCUT2D eigenvalue weighted by Crippen LogP contribution is 2.39. The van der Waals surface area contributed by atoms with Gasteiger partial charge in [-0.1, -0.05) is 41.4 Å². The van der Waals surface area contributed by atoms with Crippen molar-refractivity contribution < 1.29 is 21.4 Å². The van der Waals surface area contributed by atoms with Crippen LogP contribution in [0.2, 0.25) is 5.02 Å². The van der Waals surface area contributed by atoms with Crippen LogP contribution in [0.25, 0.3) is 11.1 Å². The fourth-order valence-corrected chi connectivity index (χ4v) is 4.33. The van der Waals surface area contributed by atoms with Crippen molar-refractivity contribution in [3.8, 4) is 11.1 Å². The van der Waals surface area contributed by atoms with Crippen LogP contribution in [0.15, 0.2) is 40.1 Å². The van der Waals surface area contributed by atoms with Crippen molar-refractivity contribution >= 4 is 31.7 Å². The molecule has 23 heavy (non-hydrogen) atoms. The van der Waals surface area contributed by atoms with Gasteiger partial charge in [0.2, 0.25) is 10.0 Å². The summed E-state index contributed by atoms with van der Waals surface area (Å²) in [5, 5.41) is 4.88. The van der Waals surface area contributed by atoms with Gasteiger partial charge >= 0.3 is 0 Å². The van der Waals surface area contributed by atoms with E-state index in [9.17, 15) is 21.4 Å². The van der Waals surface area contributed by atoms with Crippen LogP contribution in [0.5, 0.6) is 0 Å². The van der Waals surface area contributed by atoms with E-state index in [-0.39, 0.29) is 16.1 Å². The summed E-state index contributed by atoms with van der Waals surface area (Å²) in [4.78, 5) is -1.12. The highest BCUT2D eigenvalue weighted by molar-refractivity contribution is 7.89. The zero-order chi connectivity index (χ0) is 17.6. The number of halogens is 1. The van der Waals surface area contributed by atoms with E-state index in [4.69, 9.17) is 16.7 Å². The van der Waals surface area contributed by atoms with Crippen LogP contribution < -0.4 is 5.14 Å². The Morgan fingerprint density at radius 3 is 1.96 bits per heavy atom.